The molecule has 462 valence electrons. The summed E-state index contributed by atoms with van der Waals surface area (Å²) in [6, 6.07) is 0. The summed E-state index contributed by atoms with van der Waals surface area (Å²) >= 11 is 0. The van der Waals surface area contributed by atoms with Crippen molar-refractivity contribution in [3.63, 3.8) is 0 Å². The fourth-order valence-corrected chi connectivity index (χ4v) is 10.0. The molecule has 0 radical (unpaired) electrons. The largest absolute Gasteiger partial charge is 0.462 e. The van der Waals surface area contributed by atoms with Crippen molar-refractivity contribution in [1.82, 2.24) is 0 Å². The topological polar surface area (TPSA) is 78.9 Å². The maximum Gasteiger partial charge on any atom is 0.306 e. The highest BCUT2D eigenvalue weighted by Gasteiger charge is 2.19. The van der Waals surface area contributed by atoms with Crippen molar-refractivity contribution in [2.45, 2.75) is 354 Å². The predicted molar refractivity (Wildman–Crippen MR) is 348 cm³/mol. The van der Waals surface area contributed by atoms with Gasteiger partial charge >= 0.3 is 17.9 Å². The zero-order valence-electron chi connectivity index (χ0n) is 53.1. The lowest BCUT2D eigenvalue weighted by molar-refractivity contribution is -0.167. The van der Waals surface area contributed by atoms with Gasteiger partial charge in [0.2, 0.25) is 0 Å². The van der Waals surface area contributed by atoms with E-state index >= 15 is 0 Å². The first-order valence-electron chi connectivity index (χ1n) is 34.6. The standard InChI is InChI=1S/C74H130O6/c1-4-7-10-13-16-19-22-24-26-28-30-32-34-36-37-39-40-42-44-46-48-50-52-55-58-61-64-67-73(76)79-70-71(69-78-72(75)66-63-60-57-54-21-18-15-12-9-6-3)80-74(77)68-65-62-59-56-53-51-49-47-45-43-41-38-35-33-31-29-27-25-23-20-17-14-11-8-5-2/h8,11,17,20,25,27,31,33,38,41,45,47,51,53,71H,4-7,9-10,12-16,18-19,21-24,26,28-30,32,34-37,39-40,42-44,46,48-50,52,54-70H2,1-3H3/b11-8-,20-17-,27-25-,33-31-,41-38-,47-45-,53-51-. The van der Waals surface area contributed by atoms with Crippen molar-refractivity contribution < 1.29 is 28.6 Å². The molecule has 6 nitrogen and oxygen atoms in total. The van der Waals surface area contributed by atoms with E-state index in [1.807, 2.05) is 0 Å². The minimum absolute atomic E-state index is 0.0861. The monoisotopic (exact) mass is 1110 g/mol. The lowest BCUT2D eigenvalue weighted by Crippen LogP contribution is -2.30. The van der Waals surface area contributed by atoms with E-state index < -0.39 is 6.10 Å². The summed E-state index contributed by atoms with van der Waals surface area (Å²) in [5, 5.41) is 0. The van der Waals surface area contributed by atoms with Crippen molar-refractivity contribution in [3.8, 4) is 0 Å². The first kappa shape index (κ1) is 76.6. The Hall–Kier alpha value is -3.41. The van der Waals surface area contributed by atoms with E-state index in [4.69, 9.17) is 14.2 Å². The number of hydrogen-bond acceptors (Lipinski definition) is 6. The molecule has 0 saturated carbocycles. The molecule has 0 fully saturated rings. The Kier molecular flexibility index (Phi) is 65.2. The van der Waals surface area contributed by atoms with Crippen LogP contribution < -0.4 is 0 Å². The zero-order chi connectivity index (χ0) is 57.8. The summed E-state index contributed by atoms with van der Waals surface area (Å²) in [7, 11) is 0. The Morgan fingerprint density at radius 3 is 0.762 bits per heavy atom. The highest BCUT2D eigenvalue weighted by atomic mass is 16.6. The van der Waals surface area contributed by atoms with Gasteiger partial charge in [0.1, 0.15) is 13.2 Å². The van der Waals surface area contributed by atoms with Crippen molar-refractivity contribution in [1.29, 1.82) is 0 Å². The van der Waals surface area contributed by atoms with E-state index in [1.54, 1.807) is 0 Å². The number of carbonyl (C=O) groups excluding carboxylic acids is 3. The lowest BCUT2D eigenvalue weighted by atomic mass is 10.0. The number of carbonyl (C=O) groups is 3. The molecule has 0 aromatic heterocycles. The quantitative estimate of drug-likeness (QED) is 0.0261. The predicted octanol–water partition coefficient (Wildman–Crippen LogP) is 23.8. The Morgan fingerprint density at radius 2 is 0.487 bits per heavy atom. The molecule has 6 heteroatoms. The van der Waals surface area contributed by atoms with Crippen LogP contribution in [0.2, 0.25) is 0 Å². The van der Waals surface area contributed by atoms with Gasteiger partial charge in [-0.25, -0.2) is 0 Å². The Balaban J connectivity index is 4.24. The fourth-order valence-electron chi connectivity index (χ4n) is 10.0. The minimum atomic E-state index is -0.793. The molecule has 0 aromatic carbocycles. The van der Waals surface area contributed by atoms with Crippen LogP contribution in [0.3, 0.4) is 0 Å². The molecular weight excluding hydrogens is 985 g/mol. The number of hydrogen-bond donors (Lipinski definition) is 0. The third-order valence-corrected chi connectivity index (χ3v) is 15.2. The molecule has 0 N–H and O–H groups in total. The van der Waals surface area contributed by atoms with E-state index in [0.29, 0.717) is 19.3 Å². The second kappa shape index (κ2) is 68.1. The van der Waals surface area contributed by atoms with Crippen molar-refractivity contribution in [2.24, 2.45) is 0 Å². The fraction of sp³-hybridized carbons (Fsp3) is 0.770. The van der Waals surface area contributed by atoms with Gasteiger partial charge in [-0.05, 0) is 77.0 Å². The van der Waals surface area contributed by atoms with Gasteiger partial charge in [-0.3, -0.25) is 14.4 Å². The van der Waals surface area contributed by atoms with Crippen LogP contribution in [0.1, 0.15) is 348 Å². The van der Waals surface area contributed by atoms with Gasteiger partial charge in [-0.15, -0.1) is 0 Å². The molecule has 0 rings (SSSR count). The third kappa shape index (κ3) is 65.4. The second-order valence-electron chi connectivity index (χ2n) is 23.1. The van der Waals surface area contributed by atoms with Gasteiger partial charge < -0.3 is 14.2 Å². The highest BCUT2D eigenvalue weighted by Crippen LogP contribution is 2.18. The van der Waals surface area contributed by atoms with E-state index in [9.17, 15) is 14.4 Å². The molecular formula is C74H130O6. The van der Waals surface area contributed by atoms with Crippen LogP contribution in [0.5, 0.6) is 0 Å². The molecule has 1 unspecified atom stereocenters. The first-order valence-corrected chi connectivity index (χ1v) is 34.6. The van der Waals surface area contributed by atoms with Crippen molar-refractivity contribution in [3.05, 3.63) is 85.1 Å². The third-order valence-electron chi connectivity index (χ3n) is 15.2. The molecule has 80 heavy (non-hydrogen) atoms. The number of allylic oxidation sites excluding steroid dienone is 14. The normalized spacial score (nSPS) is 12.6. The lowest BCUT2D eigenvalue weighted by Gasteiger charge is -2.18. The van der Waals surface area contributed by atoms with Gasteiger partial charge in [0.05, 0.1) is 0 Å². The molecule has 0 aliphatic carbocycles. The van der Waals surface area contributed by atoms with Crippen LogP contribution in [0.15, 0.2) is 85.1 Å². The maximum absolute atomic E-state index is 12.9. The molecule has 0 bridgehead atoms. The zero-order valence-corrected chi connectivity index (χ0v) is 53.1. The summed E-state index contributed by atoms with van der Waals surface area (Å²) in [5.74, 6) is -0.904. The maximum atomic E-state index is 12.9. The van der Waals surface area contributed by atoms with Crippen LogP contribution in [-0.4, -0.2) is 37.2 Å². The van der Waals surface area contributed by atoms with Crippen LogP contribution in [-0.2, 0) is 28.6 Å². The summed E-state index contributed by atoms with van der Waals surface area (Å²) in [5.41, 5.74) is 0. The Bertz CT molecular complexity index is 1520. The number of rotatable bonds is 63. The summed E-state index contributed by atoms with van der Waals surface area (Å²) < 4.78 is 16.9. The van der Waals surface area contributed by atoms with Crippen LogP contribution in [0, 0.1) is 0 Å². The average Bonchev–Trinajstić information content (AvgIpc) is 3.46. The molecule has 0 aliphatic rings. The first-order chi connectivity index (χ1) is 39.5. The molecule has 1 atom stereocenters. The van der Waals surface area contributed by atoms with E-state index in [0.717, 1.165) is 109 Å². The molecule has 0 amide bonds. The number of unbranched alkanes of at least 4 members (excludes halogenated alkanes) is 38. The molecule has 0 aromatic rings. The molecule has 0 heterocycles. The van der Waals surface area contributed by atoms with Crippen LogP contribution in [0.4, 0.5) is 0 Å². The second-order valence-corrected chi connectivity index (χ2v) is 23.1. The van der Waals surface area contributed by atoms with Crippen LogP contribution in [0.25, 0.3) is 0 Å². The van der Waals surface area contributed by atoms with Gasteiger partial charge in [-0.1, -0.05) is 337 Å². The Labute approximate surface area is 496 Å². The molecule has 0 aliphatic heterocycles. The smallest absolute Gasteiger partial charge is 0.306 e. The SMILES string of the molecule is CC/C=C\C/C=C\C/C=C\C/C=C\C/C=C\C/C=C\C/C=C\CCCCCC(=O)OC(COC(=O)CCCCCCCCCCCC)COC(=O)CCCCCCCCCCCCCCCCCCCCCCCCCCCCC. The van der Waals surface area contributed by atoms with Gasteiger partial charge in [0, 0.05) is 19.3 Å². The van der Waals surface area contributed by atoms with Crippen LogP contribution >= 0.6 is 0 Å². The van der Waals surface area contributed by atoms with E-state index in [-0.39, 0.29) is 31.1 Å². The molecule has 0 spiro atoms. The summed E-state index contributed by atoms with van der Waals surface area (Å²) in [6.07, 6.45) is 90.5. The Morgan fingerprint density at radius 1 is 0.263 bits per heavy atom. The highest BCUT2D eigenvalue weighted by molar-refractivity contribution is 5.71. The van der Waals surface area contributed by atoms with Gasteiger partial charge in [0.25, 0.3) is 0 Å². The number of ether oxygens (including phenoxy) is 3. The van der Waals surface area contributed by atoms with Crippen molar-refractivity contribution >= 4 is 17.9 Å². The summed E-state index contributed by atoms with van der Waals surface area (Å²) in [4.78, 5) is 38.3. The average molecular weight is 1120 g/mol. The van der Waals surface area contributed by atoms with E-state index in [1.165, 1.54) is 199 Å². The molecule has 0 saturated heterocycles. The van der Waals surface area contributed by atoms with E-state index in [2.05, 4.69) is 106 Å². The van der Waals surface area contributed by atoms with Gasteiger partial charge in [0.15, 0.2) is 6.10 Å². The minimum Gasteiger partial charge on any atom is -0.462 e. The van der Waals surface area contributed by atoms with Gasteiger partial charge in [-0.2, -0.15) is 0 Å². The number of esters is 3. The summed E-state index contributed by atoms with van der Waals surface area (Å²) in [6.45, 7) is 6.53. The van der Waals surface area contributed by atoms with Crippen molar-refractivity contribution in [2.75, 3.05) is 13.2 Å².